The lowest BCUT2D eigenvalue weighted by molar-refractivity contribution is -0.141. The number of hydrogen-bond acceptors (Lipinski definition) is 5. The van der Waals surface area contributed by atoms with E-state index in [-0.39, 0.29) is 23.5 Å². The molecule has 2 aliphatic rings. The molecule has 1 aliphatic heterocycles. The van der Waals surface area contributed by atoms with Crippen LogP contribution in [0.5, 0.6) is 0 Å². The molecule has 1 aromatic carbocycles. The SMILES string of the molecule is O=C1NCC(c2cc([C@H]3C[C@@H]3c3ccc4cnn(CC(F)(F)F)c4c3)c3ncc(Cl)n3n2)C(=O)N1. The van der Waals surface area contributed by atoms with Crippen LogP contribution in [0.4, 0.5) is 18.0 Å². The van der Waals surface area contributed by atoms with E-state index in [4.69, 9.17) is 11.6 Å². The molecule has 3 atom stereocenters. The van der Waals surface area contributed by atoms with E-state index in [0.717, 1.165) is 22.2 Å². The number of benzene rings is 1. The van der Waals surface area contributed by atoms with Crippen LogP contribution in [0.2, 0.25) is 5.15 Å². The van der Waals surface area contributed by atoms with E-state index in [9.17, 15) is 22.8 Å². The summed E-state index contributed by atoms with van der Waals surface area (Å²) < 4.78 is 41.3. The van der Waals surface area contributed by atoms with Gasteiger partial charge in [-0.2, -0.15) is 23.4 Å². The number of imide groups is 1. The zero-order chi connectivity index (χ0) is 24.5. The van der Waals surface area contributed by atoms with Crippen molar-refractivity contribution in [2.24, 2.45) is 0 Å². The van der Waals surface area contributed by atoms with Crippen molar-refractivity contribution in [3.8, 4) is 0 Å². The Morgan fingerprint density at radius 1 is 1.14 bits per heavy atom. The van der Waals surface area contributed by atoms with E-state index in [0.29, 0.717) is 22.2 Å². The Labute approximate surface area is 200 Å². The van der Waals surface area contributed by atoms with Gasteiger partial charge < -0.3 is 5.32 Å². The molecular formula is C22H17ClF3N7O2. The van der Waals surface area contributed by atoms with Gasteiger partial charge in [-0.3, -0.25) is 14.8 Å². The summed E-state index contributed by atoms with van der Waals surface area (Å²) in [5, 5.41) is 14.1. The third-order valence-electron chi connectivity index (χ3n) is 6.47. The zero-order valence-electron chi connectivity index (χ0n) is 17.9. The number of imidazole rings is 1. The molecular weight excluding hydrogens is 487 g/mol. The highest BCUT2D eigenvalue weighted by Gasteiger charge is 2.42. The first kappa shape index (κ1) is 21.8. The third-order valence-corrected chi connectivity index (χ3v) is 6.72. The monoisotopic (exact) mass is 503 g/mol. The molecule has 0 spiro atoms. The topological polar surface area (TPSA) is 106 Å². The number of urea groups is 1. The number of halogens is 4. The second-order valence-electron chi connectivity index (χ2n) is 8.78. The maximum atomic E-state index is 13.0. The van der Waals surface area contributed by atoms with Gasteiger partial charge in [-0.05, 0) is 36.0 Å². The maximum absolute atomic E-state index is 13.0. The lowest BCUT2D eigenvalue weighted by atomic mass is 9.99. The molecule has 35 heavy (non-hydrogen) atoms. The van der Waals surface area contributed by atoms with E-state index < -0.39 is 30.6 Å². The van der Waals surface area contributed by atoms with E-state index in [1.165, 1.54) is 16.9 Å². The first-order chi connectivity index (χ1) is 16.7. The fraction of sp³-hybridized carbons (Fsp3) is 0.318. The van der Waals surface area contributed by atoms with Gasteiger partial charge in [0.05, 0.1) is 29.5 Å². The Bertz CT molecular complexity index is 1510. The third kappa shape index (κ3) is 3.87. The Hall–Kier alpha value is -3.67. The fourth-order valence-corrected chi connectivity index (χ4v) is 4.89. The molecule has 1 aliphatic carbocycles. The minimum Gasteiger partial charge on any atom is -0.337 e. The molecule has 2 N–H and O–H groups in total. The predicted molar refractivity (Wildman–Crippen MR) is 118 cm³/mol. The normalized spacial score (nSPS) is 22.5. The van der Waals surface area contributed by atoms with Crippen LogP contribution in [0.3, 0.4) is 0 Å². The largest absolute Gasteiger partial charge is 0.408 e. The number of carbonyl (C=O) groups excluding carboxylic acids is 2. The van der Waals surface area contributed by atoms with Crippen molar-refractivity contribution in [2.45, 2.75) is 36.9 Å². The Morgan fingerprint density at radius 2 is 1.97 bits per heavy atom. The van der Waals surface area contributed by atoms with E-state index in [1.54, 1.807) is 18.2 Å². The van der Waals surface area contributed by atoms with Crippen molar-refractivity contribution in [2.75, 3.05) is 6.54 Å². The highest BCUT2D eigenvalue weighted by atomic mass is 35.5. The molecule has 2 fully saturated rings. The second-order valence-corrected chi connectivity index (χ2v) is 9.16. The van der Waals surface area contributed by atoms with Crippen molar-refractivity contribution < 1.29 is 22.8 Å². The predicted octanol–water partition coefficient (Wildman–Crippen LogP) is 3.49. The van der Waals surface area contributed by atoms with Crippen molar-refractivity contribution in [3.05, 3.63) is 58.6 Å². The van der Waals surface area contributed by atoms with Gasteiger partial charge >= 0.3 is 12.2 Å². The molecule has 1 unspecified atom stereocenters. The van der Waals surface area contributed by atoms with Crippen LogP contribution in [-0.2, 0) is 11.3 Å². The first-order valence-corrected chi connectivity index (χ1v) is 11.2. The van der Waals surface area contributed by atoms with Crippen LogP contribution < -0.4 is 10.6 Å². The van der Waals surface area contributed by atoms with Gasteiger partial charge in [-0.1, -0.05) is 23.7 Å². The molecule has 4 aromatic rings. The molecule has 6 rings (SSSR count). The van der Waals surface area contributed by atoms with Crippen molar-refractivity contribution in [1.29, 1.82) is 0 Å². The summed E-state index contributed by atoms with van der Waals surface area (Å²) in [6.45, 7) is -1.06. The number of alkyl halides is 3. The van der Waals surface area contributed by atoms with E-state index in [1.807, 2.05) is 6.07 Å². The standard InChI is InChI=1S/C22H17ClF3N7O2/c23-18-8-27-19-14(5-16(31-33(18)19)15-7-28-21(35)30-20(15)34)13-4-12(13)10-1-2-11-6-29-32(17(11)3-10)9-22(24,25)26/h1-3,5-6,8,12-13,15H,4,7,9H2,(H2,28,30,34,35)/t12-,13+,15?/m1/s1. The average molecular weight is 504 g/mol. The highest BCUT2D eigenvalue weighted by molar-refractivity contribution is 6.29. The summed E-state index contributed by atoms with van der Waals surface area (Å²) in [5.41, 5.74) is 3.14. The number of rotatable bonds is 4. The fourth-order valence-electron chi connectivity index (χ4n) is 4.72. The van der Waals surface area contributed by atoms with Crippen LogP contribution >= 0.6 is 11.6 Å². The lowest BCUT2D eigenvalue weighted by Crippen LogP contribution is -2.51. The van der Waals surface area contributed by atoms with Gasteiger partial charge in [0, 0.05) is 17.5 Å². The number of hydrogen-bond donors (Lipinski definition) is 2. The van der Waals surface area contributed by atoms with Crippen LogP contribution in [0.25, 0.3) is 16.6 Å². The Kier molecular flexibility index (Phi) is 4.78. The summed E-state index contributed by atoms with van der Waals surface area (Å²) in [7, 11) is 0. The summed E-state index contributed by atoms with van der Waals surface area (Å²) >= 11 is 6.28. The van der Waals surface area contributed by atoms with Crippen LogP contribution in [0.1, 0.15) is 41.0 Å². The molecule has 1 saturated carbocycles. The minimum atomic E-state index is -4.37. The molecule has 0 radical (unpaired) electrons. The van der Waals surface area contributed by atoms with Crippen molar-refractivity contribution >= 4 is 40.1 Å². The van der Waals surface area contributed by atoms with Gasteiger partial charge in [0.2, 0.25) is 5.91 Å². The molecule has 0 bridgehead atoms. The van der Waals surface area contributed by atoms with E-state index in [2.05, 4.69) is 25.8 Å². The summed E-state index contributed by atoms with van der Waals surface area (Å²) in [5.74, 6) is -1.10. The molecule has 4 heterocycles. The minimum absolute atomic E-state index is 0.00963. The number of aromatic nitrogens is 5. The average Bonchev–Trinajstić information content (AvgIpc) is 3.38. The number of carbonyl (C=O) groups is 2. The molecule has 9 nitrogen and oxygen atoms in total. The molecule has 13 heteroatoms. The second kappa shape index (κ2) is 7.67. The lowest BCUT2D eigenvalue weighted by Gasteiger charge is -2.22. The highest BCUT2D eigenvalue weighted by Crippen LogP contribution is 2.56. The van der Waals surface area contributed by atoms with Gasteiger partial charge in [0.25, 0.3) is 0 Å². The molecule has 180 valence electrons. The number of nitrogens with zero attached hydrogens (tertiary/aromatic N) is 5. The number of fused-ring (bicyclic) bond motifs is 2. The van der Waals surface area contributed by atoms with Crippen LogP contribution in [0, 0.1) is 0 Å². The Balaban J connectivity index is 1.36. The zero-order valence-corrected chi connectivity index (χ0v) is 18.6. The Morgan fingerprint density at radius 3 is 2.74 bits per heavy atom. The van der Waals surface area contributed by atoms with Gasteiger partial charge in [0.1, 0.15) is 6.54 Å². The summed E-state index contributed by atoms with van der Waals surface area (Å²) in [6.07, 6.45) is -0.732. The van der Waals surface area contributed by atoms with Crippen LogP contribution in [0.15, 0.2) is 36.7 Å². The first-order valence-electron chi connectivity index (χ1n) is 10.8. The summed E-state index contributed by atoms with van der Waals surface area (Å²) in [6, 6.07) is 6.66. The van der Waals surface area contributed by atoms with E-state index >= 15 is 0 Å². The van der Waals surface area contributed by atoms with Gasteiger partial charge in [-0.15, -0.1) is 0 Å². The maximum Gasteiger partial charge on any atom is 0.408 e. The molecule has 1 saturated heterocycles. The summed E-state index contributed by atoms with van der Waals surface area (Å²) in [4.78, 5) is 28.3. The smallest absolute Gasteiger partial charge is 0.337 e. The number of nitrogens with one attached hydrogen (secondary N) is 2. The number of amides is 3. The van der Waals surface area contributed by atoms with Gasteiger partial charge in [-0.25, -0.2) is 14.3 Å². The quantitative estimate of drug-likeness (QED) is 0.443. The molecule has 3 amide bonds. The van der Waals surface area contributed by atoms with Crippen molar-refractivity contribution in [3.63, 3.8) is 0 Å². The van der Waals surface area contributed by atoms with Crippen molar-refractivity contribution in [1.82, 2.24) is 35.0 Å². The van der Waals surface area contributed by atoms with Gasteiger partial charge in [0.15, 0.2) is 10.8 Å². The molecule has 3 aromatic heterocycles. The van der Waals surface area contributed by atoms with Crippen LogP contribution in [-0.4, -0.2) is 49.0 Å².